The van der Waals surface area contributed by atoms with Crippen molar-refractivity contribution in [2.75, 3.05) is 0 Å². The predicted molar refractivity (Wildman–Crippen MR) is 60.3 cm³/mol. The molecule has 1 saturated carbocycles. The molecule has 0 bridgehead atoms. The van der Waals surface area contributed by atoms with Crippen molar-refractivity contribution in [1.82, 2.24) is 0 Å². The maximum Gasteiger partial charge on any atom is 0.132 e. The van der Waals surface area contributed by atoms with Crippen LogP contribution in [0, 0.1) is 11.3 Å². The molecule has 1 fully saturated rings. The summed E-state index contributed by atoms with van der Waals surface area (Å²) in [6, 6.07) is 0. The van der Waals surface area contributed by atoms with Crippen molar-refractivity contribution in [3.05, 3.63) is 0 Å². The number of rotatable bonds is 4. The van der Waals surface area contributed by atoms with Crippen LogP contribution in [0.4, 0.5) is 0 Å². The lowest BCUT2D eigenvalue weighted by atomic mass is 9.64. The van der Waals surface area contributed by atoms with E-state index in [0.717, 1.165) is 31.6 Å². The highest BCUT2D eigenvalue weighted by atomic mass is 16.1. The lowest BCUT2D eigenvalue weighted by molar-refractivity contribution is -0.122. The van der Waals surface area contributed by atoms with Crippen molar-refractivity contribution >= 4 is 5.78 Å². The third kappa shape index (κ3) is 2.18. The minimum Gasteiger partial charge on any atom is -0.300 e. The number of carbonyl (C=O) groups is 1. The SMILES string of the molecule is CCC(CC)(CC)C1CCC(=O)CC1. The lowest BCUT2D eigenvalue weighted by Crippen LogP contribution is -2.32. The second kappa shape index (κ2) is 4.95. The zero-order chi connectivity index (χ0) is 10.6. The second-order valence-electron chi connectivity index (χ2n) is 4.74. The molecule has 1 nitrogen and oxygen atoms in total. The van der Waals surface area contributed by atoms with Crippen molar-refractivity contribution in [3.8, 4) is 0 Å². The zero-order valence-corrected chi connectivity index (χ0v) is 9.94. The molecule has 0 aromatic carbocycles. The second-order valence-corrected chi connectivity index (χ2v) is 4.74. The Balaban J connectivity index is 2.64. The highest BCUT2D eigenvalue weighted by molar-refractivity contribution is 5.79. The van der Waals surface area contributed by atoms with Gasteiger partial charge in [0.2, 0.25) is 0 Å². The summed E-state index contributed by atoms with van der Waals surface area (Å²) in [7, 11) is 0. The molecule has 82 valence electrons. The van der Waals surface area contributed by atoms with Crippen molar-refractivity contribution in [2.45, 2.75) is 65.7 Å². The third-order valence-electron chi connectivity index (χ3n) is 4.52. The van der Waals surface area contributed by atoms with E-state index < -0.39 is 0 Å². The van der Waals surface area contributed by atoms with Gasteiger partial charge in [0.15, 0.2) is 0 Å². The molecule has 0 saturated heterocycles. The Bertz CT molecular complexity index is 173. The van der Waals surface area contributed by atoms with Crippen LogP contribution in [-0.2, 0) is 4.79 Å². The number of Topliss-reactive ketones (excluding diaryl/α,β-unsaturated/α-hetero) is 1. The molecule has 1 aliphatic carbocycles. The minimum absolute atomic E-state index is 0.485. The summed E-state index contributed by atoms with van der Waals surface area (Å²) >= 11 is 0. The van der Waals surface area contributed by atoms with Gasteiger partial charge in [0, 0.05) is 12.8 Å². The first-order valence-corrected chi connectivity index (χ1v) is 6.20. The monoisotopic (exact) mass is 196 g/mol. The van der Waals surface area contributed by atoms with Crippen molar-refractivity contribution < 1.29 is 4.79 Å². The van der Waals surface area contributed by atoms with Gasteiger partial charge in [0.05, 0.1) is 0 Å². The summed E-state index contributed by atoms with van der Waals surface area (Å²) in [5.74, 6) is 1.29. The largest absolute Gasteiger partial charge is 0.300 e. The molecule has 1 aliphatic rings. The molecule has 0 N–H and O–H groups in total. The average molecular weight is 196 g/mol. The fourth-order valence-electron chi connectivity index (χ4n) is 3.17. The summed E-state index contributed by atoms with van der Waals surface area (Å²) in [6.45, 7) is 6.93. The van der Waals surface area contributed by atoms with Gasteiger partial charge in [-0.3, -0.25) is 4.79 Å². The van der Waals surface area contributed by atoms with E-state index in [9.17, 15) is 4.79 Å². The van der Waals surface area contributed by atoms with Gasteiger partial charge in [-0.1, -0.05) is 40.0 Å². The van der Waals surface area contributed by atoms with Crippen LogP contribution in [0.2, 0.25) is 0 Å². The Morgan fingerprint density at radius 2 is 1.50 bits per heavy atom. The normalized spacial score (nSPS) is 20.1. The number of ketones is 1. The molecule has 1 rings (SSSR count). The molecule has 0 spiro atoms. The first kappa shape index (κ1) is 11.7. The summed E-state index contributed by atoms with van der Waals surface area (Å²) in [5.41, 5.74) is 0.528. The fraction of sp³-hybridized carbons (Fsp3) is 0.923. The van der Waals surface area contributed by atoms with Crippen molar-refractivity contribution in [2.24, 2.45) is 11.3 Å². The minimum atomic E-state index is 0.485. The third-order valence-corrected chi connectivity index (χ3v) is 4.52. The van der Waals surface area contributed by atoms with Crippen LogP contribution in [-0.4, -0.2) is 5.78 Å². The van der Waals surface area contributed by atoms with Gasteiger partial charge in [-0.25, -0.2) is 0 Å². The van der Waals surface area contributed by atoms with E-state index in [1.807, 2.05) is 0 Å². The van der Waals surface area contributed by atoms with E-state index in [4.69, 9.17) is 0 Å². The van der Waals surface area contributed by atoms with Gasteiger partial charge in [-0.2, -0.15) is 0 Å². The van der Waals surface area contributed by atoms with E-state index in [1.54, 1.807) is 0 Å². The van der Waals surface area contributed by atoms with Gasteiger partial charge in [0.1, 0.15) is 5.78 Å². The summed E-state index contributed by atoms with van der Waals surface area (Å²) in [4.78, 5) is 11.2. The molecule has 14 heavy (non-hydrogen) atoms. The Hall–Kier alpha value is -0.330. The van der Waals surface area contributed by atoms with Crippen LogP contribution in [0.1, 0.15) is 65.7 Å². The van der Waals surface area contributed by atoms with Crippen LogP contribution in [0.25, 0.3) is 0 Å². The lowest BCUT2D eigenvalue weighted by Gasteiger charge is -2.41. The molecule has 0 amide bonds. The molecule has 0 radical (unpaired) electrons. The van der Waals surface area contributed by atoms with Crippen molar-refractivity contribution in [1.29, 1.82) is 0 Å². The maximum absolute atomic E-state index is 11.2. The summed E-state index contributed by atoms with van der Waals surface area (Å²) in [5, 5.41) is 0. The molecule has 0 aromatic heterocycles. The van der Waals surface area contributed by atoms with Crippen LogP contribution >= 0.6 is 0 Å². The predicted octanol–water partition coefficient (Wildman–Crippen LogP) is 3.96. The van der Waals surface area contributed by atoms with E-state index in [0.29, 0.717) is 11.2 Å². The Labute approximate surface area is 88.3 Å². The van der Waals surface area contributed by atoms with E-state index in [1.165, 1.54) is 19.3 Å². The van der Waals surface area contributed by atoms with Crippen LogP contribution in [0.3, 0.4) is 0 Å². The number of carbonyl (C=O) groups excluding carboxylic acids is 1. The number of hydrogen-bond donors (Lipinski definition) is 0. The molecule has 0 heterocycles. The molecular formula is C13H24O. The van der Waals surface area contributed by atoms with E-state index >= 15 is 0 Å². The quantitative estimate of drug-likeness (QED) is 0.665. The first-order chi connectivity index (χ1) is 6.68. The van der Waals surface area contributed by atoms with Crippen LogP contribution < -0.4 is 0 Å². The van der Waals surface area contributed by atoms with Gasteiger partial charge in [0.25, 0.3) is 0 Å². The highest BCUT2D eigenvalue weighted by Gasteiger charge is 2.35. The Kier molecular flexibility index (Phi) is 4.15. The molecular weight excluding hydrogens is 172 g/mol. The van der Waals surface area contributed by atoms with Crippen LogP contribution in [0.15, 0.2) is 0 Å². The molecule has 0 unspecified atom stereocenters. The first-order valence-electron chi connectivity index (χ1n) is 6.20. The van der Waals surface area contributed by atoms with Gasteiger partial charge >= 0.3 is 0 Å². The van der Waals surface area contributed by atoms with Crippen LogP contribution in [0.5, 0.6) is 0 Å². The topological polar surface area (TPSA) is 17.1 Å². The number of hydrogen-bond acceptors (Lipinski definition) is 1. The van der Waals surface area contributed by atoms with Gasteiger partial charge < -0.3 is 0 Å². The highest BCUT2D eigenvalue weighted by Crippen LogP contribution is 2.45. The van der Waals surface area contributed by atoms with Gasteiger partial charge in [-0.05, 0) is 24.2 Å². The molecule has 1 heteroatoms. The standard InChI is InChI=1S/C13H24O/c1-4-13(5-2,6-3)11-7-9-12(14)10-8-11/h11H,4-10H2,1-3H3. The molecule has 0 aromatic rings. The maximum atomic E-state index is 11.2. The smallest absolute Gasteiger partial charge is 0.132 e. The average Bonchev–Trinajstić information content (AvgIpc) is 2.24. The summed E-state index contributed by atoms with van der Waals surface area (Å²) in [6.07, 6.45) is 7.80. The fourth-order valence-corrected chi connectivity index (χ4v) is 3.17. The van der Waals surface area contributed by atoms with E-state index in [2.05, 4.69) is 20.8 Å². The van der Waals surface area contributed by atoms with Crippen molar-refractivity contribution in [3.63, 3.8) is 0 Å². The molecule has 0 atom stereocenters. The van der Waals surface area contributed by atoms with E-state index in [-0.39, 0.29) is 0 Å². The zero-order valence-electron chi connectivity index (χ0n) is 9.94. The Morgan fingerprint density at radius 3 is 1.86 bits per heavy atom. The molecule has 0 aliphatic heterocycles. The van der Waals surface area contributed by atoms with Gasteiger partial charge in [-0.15, -0.1) is 0 Å². The summed E-state index contributed by atoms with van der Waals surface area (Å²) < 4.78 is 0. The Morgan fingerprint density at radius 1 is 1.07 bits per heavy atom.